The number of benzene rings is 1. The molecule has 2 rings (SSSR count). The summed E-state index contributed by atoms with van der Waals surface area (Å²) in [6.45, 7) is 0.243. The summed E-state index contributed by atoms with van der Waals surface area (Å²) in [6.07, 6.45) is -0.501. The van der Waals surface area contributed by atoms with Crippen molar-refractivity contribution in [2.45, 2.75) is 18.9 Å². The van der Waals surface area contributed by atoms with Gasteiger partial charge in [-0.3, -0.25) is 14.7 Å². The van der Waals surface area contributed by atoms with Crippen molar-refractivity contribution in [2.75, 3.05) is 0 Å². The molecule has 0 saturated heterocycles. The highest BCUT2D eigenvalue weighted by molar-refractivity contribution is 5.38. The molecule has 0 spiro atoms. The molecule has 1 unspecified atom stereocenters. The normalized spacial score (nSPS) is 12.1. The second-order valence-corrected chi connectivity index (χ2v) is 4.26. The van der Waals surface area contributed by atoms with Crippen LogP contribution in [0.2, 0.25) is 0 Å². The van der Waals surface area contributed by atoms with Crippen LogP contribution in [-0.2, 0) is 22.4 Å². The molecule has 2 N–H and O–H groups in total. The molecule has 20 heavy (non-hydrogen) atoms. The molecule has 7 heteroatoms. The van der Waals surface area contributed by atoms with E-state index < -0.39 is 17.7 Å². The lowest BCUT2D eigenvalue weighted by Gasteiger charge is -2.14. The van der Waals surface area contributed by atoms with Crippen molar-refractivity contribution < 1.29 is 18.3 Å². The van der Waals surface area contributed by atoms with Crippen molar-refractivity contribution in [1.29, 1.82) is 0 Å². The van der Waals surface area contributed by atoms with E-state index in [1.54, 1.807) is 0 Å². The van der Waals surface area contributed by atoms with Crippen molar-refractivity contribution in [3.05, 3.63) is 57.5 Å². The Bertz CT molecular complexity index is 651. The molecule has 0 aliphatic carbocycles. The molecule has 0 amide bonds. The summed E-state index contributed by atoms with van der Waals surface area (Å²) >= 11 is 0. The van der Waals surface area contributed by atoms with Gasteiger partial charge in [-0.2, -0.15) is 0 Å². The van der Waals surface area contributed by atoms with Gasteiger partial charge in [-0.25, -0.2) is 8.78 Å². The Morgan fingerprint density at radius 2 is 2.05 bits per heavy atom. The summed E-state index contributed by atoms with van der Waals surface area (Å²) in [6, 6.07) is 5.12. The van der Waals surface area contributed by atoms with Crippen molar-refractivity contribution in [1.82, 2.24) is 10.2 Å². The fraction of sp³-hybridized carbons (Fsp3) is 0.231. The molecular weight excluding hydrogens is 270 g/mol. The Labute approximate surface area is 112 Å². The monoisotopic (exact) mass is 282 g/mol. The van der Waals surface area contributed by atoms with E-state index in [1.807, 2.05) is 0 Å². The van der Waals surface area contributed by atoms with E-state index in [0.29, 0.717) is 5.69 Å². The Hall–Kier alpha value is -2.44. The van der Waals surface area contributed by atoms with Crippen molar-refractivity contribution >= 4 is 6.47 Å². The maximum Gasteiger partial charge on any atom is 0.293 e. The number of halogens is 2. The summed E-state index contributed by atoms with van der Waals surface area (Å²) in [5.41, 5.74) is 0.301. The Balaban J connectivity index is 2.14. The van der Waals surface area contributed by atoms with Crippen LogP contribution in [-0.4, -0.2) is 22.8 Å². The van der Waals surface area contributed by atoms with Crippen LogP contribution in [0.3, 0.4) is 0 Å². The Morgan fingerprint density at radius 1 is 1.25 bits per heavy atom. The number of H-pyrrole nitrogens is 2. The smallest absolute Gasteiger partial charge is 0.293 e. The van der Waals surface area contributed by atoms with Gasteiger partial charge in [0.15, 0.2) is 11.6 Å². The number of carbonyl (C=O) groups is 1. The van der Waals surface area contributed by atoms with Crippen molar-refractivity contribution in [2.24, 2.45) is 0 Å². The molecule has 0 fully saturated rings. The number of hydrogen-bond acceptors (Lipinski definition) is 3. The number of hydrogen-bond donors (Lipinski definition) is 2. The van der Waals surface area contributed by atoms with Crippen LogP contribution in [0.15, 0.2) is 29.1 Å². The van der Waals surface area contributed by atoms with Gasteiger partial charge < -0.3 is 9.84 Å². The van der Waals surface area contributed by atoms with Crippen LogP contribution < -0.4 is 5.56 Å². The third-order valence-electron chi connectivity index (χ3n) is 2.83. The second-order valence-electron chi connectivity index (χ2n) is 4.26. The van der Waals surface area contributed by atoms with Crippen LogP contribution in [0.1, 0.15) is 11.3 Å². The standard InChI is InChI=1S/C13H12F2N2O3/c14-11-3-1-2-8(13(11)15)4-10(20-7-18)5-9-6-12(19)17-16-9/h1-3,6-7,10H,4-5H2,(H2,16,17,19). The van der Waals surface area contributed by atoms with Gasteiger partial charge in [-0.05, 0) is 11.6 Å². The molecule has 0 saturated carbocycles. The lowest BCUT2D eigenvalue weighted by atomic mass is 10.0. The minimum Gasteiger partial charge on any atom is -0.464 e. The lowest BCUT2D eigenvalue weighted by Crippen LogP contribution is -2.20. The number of aromatic nitrogens is 2. The fourth-order valence-corrected chi connectivity index (χ4v) is 1.93. The van der Waals surface area contributed by atoms with Gasteiger partial charge in [-0.1, -0.05) is 12.1 Å². The highest BCUT2D eigenvalue weighted by Crippen LogP contribution is 2.15. The third-order valence-corrected chi connectivity index (χ3v) is 2.83. The SMILES string of the molecule is O=COC(Cc1cc(=O)[nH][nH]1)Cc1cccc(F)c1F. The first kappa shape index (κ1) is 14.0. The van der Waals surface area contributed by atoms with E-state index in [-0.39, 0.29) is 30.4 Å². The minimum absolute atomic E-state index is 0.00947. The first-order chi connectivity index (χ1) is 9.60. The molecule has 0 aliphatic rings. The van der Waals surface area contributed by atoms with Crippen LogP contribution >= 0.6 is 0 Å². The molecule has 1 aromatic carbocycles. The maximum absolute atomic E-state index is 13.6. The van der Waals surface area contributed by atoms with E-state index in [4.69, 9.17) is 4.74 Å². The molecule has 0 bridgehead atoms. The summed E-state index contributed by atoms with van der Waals surface area (Å²) in [5.74, 6) is -1.92. The maximum atomic E-state index is 13.6. The molecule has 106 valence electrons. The van der Waals surface area contributed by atoms with Gasteiger partial charge in [0.25, 0.3) is 12.0 Å². The lowest BCUT2D eigenvalue weighted by molar-refractivity contribution is -0.133. The highest BCUT2D eigenvalue weighted by Gasteiger charge is 2.17. The van der Waals surface area contributed by atoms with Gasteiger partial charge in [0.1, 0.15) is 6.10 Å². The highest BCUT2D eigenvalue weighted by atomic mass is 19.2. The first-order valence-electron chi connectivity index (χ1n) is 5.88. The number of aromatic amines is 2. The predicted molar refractivity (Wildman–Crippen MR) is 66.1 cm³/mol. The fourth-order valence-electron chi connectivity index (χ4n) is 1.93. The quantitative estimate of drug-likeness (QED) is 0.784. The zero-order chi connectivity index (χ0) is 14.5. The van der Waals surface area contributed by atoms with Crippen molar-refractivity contribution in [3.8, 4) is 0 Å². The number of carbonyl (C=O) groups excluding carboxylic acids is 1. The average Bonchev–Trinajstić information content (AvgIpc) is 2.81. The predicted octanol–water partition coefficient (Wildman–Crippen LogP) is 1.31. The van der Waals surface area contributed by atoms with Crippen LogP contribution in [0.4, 0.5) is 8.78 Å². The van der Waals surface area contributed by atoms with E-state index in [2.05, 4.69) is 10.2 Å². The van der Waals surface area contributed by atoms with Gasteiger partial charge >= 0.3 is 0 Å². The molecule has 0 radical (unpaired) electrons. The Kier molecular flexibility index (Phi) is 4.29. The second kappa shape index (κ2) is 6.14. The molecule has 1 heterocycles. The van der Waals surface area contributed by atoms with Crippen LogP contribution in [0.25, 0.3) is 0 Å². The van der Waals surface area contributed by atoms with Gasteiger partial charge in [0.2, 0.25) is 0 Å². The molecule has 5 nitrogen and oxygen atoms in total. The zero-order valence-corrected chi connectivity index (χ0v) is 10.4. The molecule has 1 atom stereocenters. The summed E-state index contributed by atoms with van der Waals surface area (Å²) in [4.78, 5) is 21.5. The molecule has 1 aromatic heterocycles. The van der Waals surface area contributed by atoms with Gasteiger partial charge in [0.05, 0.1) is 0 Å². The topological polar surface area (TPSA) is 75.0 Å². The van der Waals surface area contributed by atoms with E-state index in [9.17, 15) is 18.4 Å². The summed E-state index contributed by atoms with van der Waals surface area (Å²) in [7, 11) is 0. The summed E-state index contributed by atoms with van der Waals surface area (Å²) < 4.78 is 31.5. The van der Waals surface area contributed by atoms with E-state index in [1.165, 1.54) is 18.2 Å². The van der Waals surface area contributed by atoms with Crippen LogP contribution in [0, 0.1) is 11.6 Å². The first-order valence-corrected chi connectivity index (χ1v) is 5.88. The van der Waals surface area contributed by atoms with Gasteiger partial charge in [-0.15, -0.1) is 0 Å². The minimum atomic E-state index is -0.963. The molecule has 2 aromatic rings. The molecular formula is C13H12F2N2O3. The Morgan fingerprint density at radius 3 is 2.70 bits per heavy atom. The van der Waals surface area contributed by atoms with Crippen molar-refractivity contribution in [3.63, 3.8) is 0 Å². The van der Waals surface area contributed by atoms with Crippen LogP contribution in [0.5, 0.6) is 0 Å². The summed E-state index contributed by atoms with van der Waals surface area (Å²) in [5, 5.41) is 4.95. The molecule has 0 aliphatic heterocycles. The largest absolute Gasteiger partial charge is 0.464 e. The number of rotatable bonds is 6. The zero-order valence-electron chi connectivity index (χ0n) is 10.4. The van der Waals surface area contributed by atoms with E-state index in [0.717, 1.165) is 6.07 Å². The number of ether oxygens (including phenoxy) is 1. The van der Waals surface area contributed by atoms with Gasteiger partial charge in [0, 0.05) is 24.6 Å². The number of nitrogens with one attached hydrogen (secondary N) is 2. The average molecular weight is 282 g/mol. The van der Waals surface area contributed by atoms with E-state index >= 15 is 0 Å². The third kappa shape index (κ3) is 3.31.